The van der Waals surface area contributed by atoms with Crippen LogP contribution in [0.5, 0.6) is 5.75 Å². The van der Waals surface area contributed by atoms with E-state index in [0.717, 1.165) is 33.9 Å². The fourth-order valence-corrected chi connectivity index (χ4v) is 3.96. The van der Waals surface area contributed by atoms with Gasteiger partial charge in [-0.1, -0.05) is 48.0 Å². The molecular formula is C30H30N2O4. The molecule has 6 nitrogen and oxygen atoms in total. The fraction of sp³-hybridized carbons (Fsp3) is 0.200. The molecule has 1 aromatic heterocycles. The van der Waals surface area contributed by atoms with Gasteiger partial charge in [0.25, 0.3) is 5.91 Å². The molecule has 0 fully saturated rings. The summed E-state index contributed by atoms with van der Waals surface area (Å²) in [4.78, 5) is 29.6. The molecule has 0 saturated heterocycles. The van der Waals surface area contributed by atoms with Crippen molar-refractivity contribution in [3.05, 3.63) is 119 Å². The predicted octanol–water partition coefficient (Wildman–Crippen LogP) is 5.64. The molecule has 1 heterocycles. The molecule has 0 spiro atoms. The molecule has 0 N–H and O–H groups in total. The highest BCUT2D eigenvalue weighted by Gasteiger charge is 2.20. The Morgan fingerprint density at radius 2 is 1.58 bits per heavy atom. The van der Waals surface area contributed by atoms with E-state index in [4.69, 9.17) is 9.15 Å². The van der Waals surface area contributed by atoms with Crippen molar-refractivity contribution in [2.75, 3.05) is 19.1 Å². The second kappa shape index (κ2) is 11.4. The molecule has 3 aromatic carbocycles. The highest BCUT2D eigenvalue weighted by molar-refractivity contribution is 6.06. The van der Waals surface area contributed by atoms with E-state index < -0.39 is 0 Å². The minimum Gasteiger partial charge on any atom is -0.496 e. The van der Waals surface area contributed by atoms with Gasteiger partial charge in [0.2, 0.25) is 5.91 Å². The number of hydrogen-bond donors (Lipinski definition) is 0. The van der Waals surface area contributed by atoms with Crippen molar-refractivity contribution in [1.82, 2.24) is 4.90 Å². The summed E-state index contributed by atoms with van der Waals surface area (Å²) in [6, 6.07) is 26.4. The van der Waals surface area contributed by atoms with Gasteiger partial charge in [-0.2, -0.15) is 0 Å². The molecule has 0 aliphatic rings. The average molecular weight is 483 g/mol. The van der Waals surface area contributed by atoms with E-state index in [2.05, 4.69) is 0 Å². The lowest BCUT2D eigenvalue weighted by Crippen LogP contribution is -2.30. The predicted molar refractivity (Wildman–Crippen MR) is 140 cm³/mol. The molecule has 4 rings (SSSR count). The van der Waals surface area contributed by atoms with Gasteiger partial charge < -0.3 is 19.0 Å². The molecule has 6 heteroatoms. The highest BCUT2D eigenvalue weighted by Crippen LogP contribution is 2.26. The average Bonchev–Trinajstić information content (AvgIpc) is 3.41. The van der Waals surface area contributed by atoms with Crippen molar-refractivity contribution in [1.29, 1.82) is 0 Å². The Labute approximate surface area is 211 Å². The van der Waals surface area contributed by atoms with Gasteiger partial charge in [0.05, 0.1) is 32.9 Å². The topological polar surface area (TPSA) is 63.0 Å². The first-order valence-electron chi connectivity index (χ1n) is 11.8. The van der Waals surface area contributed by atoms with E-state index in [0.29, 0.717) is 18.7 Å². The largest absolute Gasteiger partial charge is 0.496 e. The molecule has 184 valence electrons. The Kier molecular flexibility index (Phi) is 7.85. The fourth-order valence-electron chi connectivity index (χ4n) is 3.96. The number of benzene rings is 3. The number of nitrogens with zero attached hydrogens (tertiary/aromatic N) is 2. The van der Waals surface area contributed by atoms with E-state index in [1.165, 1.54) is 0 Å². The number of anilines is 1. The standard InChI is InChI=1S/C30H30N2O4/c1-22-10-14-24(15-11-22)30(34)32(20-25-7-4-5-9-28(25)35-3)26-16-12-23(13-17-26)19-29(33)31(2)21-27-8-6-18-36-27/h4-18H,19-21H2,1-3H3. The van der Waals surface area contributed by atoms with Crippen molar-refractivity contribution >= 4 is 17.5 Å². The lowest BCUT2D eigenvalue weighted by Gasteiger charge is -2.24. The second-order valence-corrected chi connectivity index (χ2v) is 8.74. The smallest absolute Gasteiger partial charge is 0.258 e. The van der Waals surface area contributed by atoms with Crippen LogP contribution < -0.4 is 9.64 Å². The van der Waals surface area contributed by atoms with Gasteiger partial charge in [-0.3, -0.25) is 9.59 Å². The quantitative estimate of drug-likeness (QED) is 0.310. The van der Waals surface area contributed by atoms with Crippen LogP contribution in [0.15, 0.2) is 95.6 Å². The third-order valence-corrected chi connectivity index (χ3v) is 6.07. The molecule has 4 aromatic rings. The molecule has 0 unspecified atom stereocenters. The van der Waals surface area contributed by atoms with E-state index in [-0.39, 0.29) is 18.2 Å². The third-order valence-electron chi connectivity index (χ3n) is 6.07. The van der Waals surface area contributed by atoms with Gasteiger partial charge in [-0.05, 0) is 55.0 Å². The van der Waals surface area contributed by atoms with Gasteiger partial charge in [-0.15, -0.1) is 0 Å². The van der Waals surface area contributed by atoms with Crippen molar-refractivity contribution in [2.45, 2.75) is 26.4 Å². The summed E-state index contributed by atoms with van der Waals surface area (Å²) < 4.78 is 10.9. The number of amides is 2. The summed E-state index contributed by atoms with van der Waals surface area (Å²) in [6.45, 7) is 2.76. The van der Waals surface area contributed by atoms with Crippen molar-refractivity contribution in [3.8, 4) is 5.75 Å². The van der Waals surface area contributed by atoms with Crippen LogP contribution in [-0.2, 0) is 24.3 Å². The van der Waals surface area contributed by atoms with Crippen LogP contribution in [0.2, 0.25) is 0 Å². The van der Waals surface area contributed by atoms with Crippen LogP contribution in [-0.4, -0.2) is 30.9 Å². The zero-order chi connectivity index (χ0) is 25.5. The van der Waals surface area contributed by atoms with Crippen LogP contribution in [0.1, 0.15) is 32.8 Å². The van der Waals surface area contributed by atoms with Crippen LogP contribution in [0.3, 0.4) is 0 Å². The van der Waals surface area contributed by atoms with Gasteiger partial charge in [0.1, 0.15) is 11.5 Å². The first-order valence-corrected chi connectivity index (χ1v) is 11.8. The lowest BCUT2D eigenvalue weighted by atomic mass is 10.1. The lowest BCUT2D eigenvalue weighted by molar-refractivity contribution is -0.129. The zero-order valence-electron chi connectivity index (χ0n) is 20.8. The Hall–Kier alpha value is -4.32. The normalized spacial score (nSPS) is 10.6. The van der Waals surface area contributed by atoms with Gasteiger partial charge >= 0.3 is 0 Å². The van der Waals surface area contributed by atoms with Gasteiger partial charge in [0.15, 0.2) is 0 Å². The number of aryl methyl sites for hydroxylation is 1. The first kappa shape index (κ1) is 24.8. The molecule has 0 aliphatic heterocycles. The number of furan rings is 1. The van der Waals surface area contributed by atoms with E-state index in [1.54, 1.807) is 36.3 Å². The number of para-hydroxylation sites is 1. The van der Waals surface area contributed by atoms with Crippen molar-refractivity contribution < 1.29 is 18.7 Å². The monoisotopic (exact) mass is 482 g/mol. The third kappa shape index (κ3) is 6.02. The first-order chi connectivity index (χ1) is 17.4. The molecule has 0 aliphatic carbocycles. The Morgan fingerprint density at radius 3 is 2.25 bits per heavy atom. The summed E-state index contributed by atoms with van der Waals surface area (Å²) in [5.74, 6) is 1.34. The number of likely N-dealkylation sites (N-methyl/N-ethyl adjacent to an activating group) is 1. The number of carbonyl (C=O) groups is 2. The number of rotatable bonds is 9. The highest BCUT2D eigenvalue weighted by atomic mass is 16.5. The summed E-state index contributed by atoms with van der Waals surface area (Å²) in [5.41, 5.74) is 4.21. The van der Waals surface area contributed by atoms with Crippen LogP contribution in [0.25, 0.3) is 0 Å². The molecule has 2 amide bonds. The number of hydrogen-bond acceptors (Lipinski definition) is 4. The molecule has 0 radical (unpaired) electrons. The van der Waals surface area contributed by atoms with E-state index >= 15 is 0 Å². The maximum atomic E-state index is 13.6. The molecular weight excluding hydrogens is 452 g/mol. The van der Waals surface area contributed by atoms with Crippen molar-refractivity contribution in [2.24, 2.45) is 0 Å². The zero-order valence-corrected chi connectivity index (χ0v) is 20.8. The Bertz CT molecular complexity index is 1300. The van der Waals surface area contributed by atoms with E-state index in [1.807, 2.05) is 85.8 Å². The number of carbonyl (C=O) groups excluding carboxylic acids is 2. The molecule has 0 saturated carbocycles. The molecule has 0 bridgehead atoms. The summed E-state index contributed by atoms with van der Waals surface area (Å²) in [6.07, 6.45) is 1.86. The van der Waals surface area contributed by atoms with Crippen LogP contribution >= 0.6 is 0 Å². The number of methoxy groups -OCH3 is 1. The summed E-state index contributed by atoms with van der Waals surface area (Å²) in [7, 11) is 3.38. The second-order valence-electron chi connectivity index (χ2n) is 8.74. The van der Waals surface area contributed by atoms with Gasteiger partial charge in [0, 0.05) is 23.9 Å². The molecule has 0 atom stereocenters. The SMILES string of the molecule is COc1ccccc1CN(C(=O)c1ccc(C)cc1)c1ccc(CC(=O)N(C)Cc2ccco2)cc1. The maximum absolute atomic E-state index is 13.6. The minimum atomic E-state index is -0.108. The minimum absolute atomic E-state index is 0.0132. The van der Waals surface area contributed by atoms with Gasteiger partial charge in [-0.25, -0.2) is 0 Å². The van der Waals surface area contributed by atoms with Crippen LogP contribution in [0, 0.1) is 6.92 Å². The van der Waals surface area contributed by atoms with Crippen molar-refractivity contribution in [3.63, 3.8) is 0 Å². The summed E-state index contributed by atoms with van der Waals surface area (Å²) >= 11 is 0. The van der Waals surface area contributed by atoms with E-state index in [9.17, 15) is 9.59 Å². The Balaban J connectivity index is 1.55. The Morgan fingerprint density at radius 1 is 0.861 bits per heavy atom. The summed E-state index contributed by atoms with van der Waals surface area (Å²) in [5, 5.41) is 0. The van der Waals surface area contributed by atoms with Crippen LogP contribution in [0.4, 0.5) is 5.69 Å². The maximum Gasteiger partial charge on any atom is 0.258 e. The molecule has 36 heavy (non-hydrogen) atoms. The number of ether oxygens (including phenoxy) is 1.